The van der Waals surface area contributed by atoms with Crippen molar-refractivity contribution in [2.75, 3.05) is 13.1 Å². The Morgan fingerprint density at radius 3 is 2.20 bits per heavy atom. The van der Waals surface area contributed by atoms with Gasteiger partial charge >= 0.3 is 0 Å². The van der Waals surface area contributed by atoms with Gasteiger partial charge in [0.2, 0.25) is 10.0 Å². The van der Waals surface area contributed by atoms with Crippen LogP contribution in [0.1, 0.15) is 34.8 Å². The van der Waals surface area contributed by atoms with E-state index in [1.807, 2.05) is 36.6 Å². The van der Waals surface area contributed by atoms with Gasteiger partial charge in [0.1, 0.15) is 0 Å². The number of sulfonamides is 1. The lowest BCUT2D eigenvalue weighted by Crippen LogP contribution is -2.30. The molecule has 1 amide bonds. The zero-order valence-electron chi connectivity index (χ0n) is 17.3. The Bertz CT molecular complexity index is 1100. The van der Waals surface area contributed by atoms with Crippen molar-refractivity contribution in [3.63, 3.8) is 0 Å². The lowest BCUT2D eigenvalue weighted by molar-refractivity contribution is 0.0951. The molecule has 0 saturated carbocycles. The normalized spacial score (nSPS) is 11.6. The number of rotatable bonds is 8. The molecule has 1 heterocycles. The molecule has 0 fully saturated rings. The number of carbonyl (C=O) groups is 1. The Morgan fingerprint density at radius 1 is 1.03 bits per heavy atom. The lowest BCUT2D eigenvalue weighted by Gasteiger charge is -2.18. The average Bonchev–Trinajstić information content (AvgIpc) is 3.19. The highest BCUT2D eigenvalue weighted by Crippen LogP contribution is 2.22. The van der Waals surface area contributed by atoms with E-state index in [4.69, 9.17) is 0 Å². The van der Waals surface area contributed by atoms with Gasteiger partial charge in [-0.1, -0.05) is 38.1 Å². The Hall–Kier alpha value is -2.55. The van der Waals surface area contributed by atoms with Gasteiger partial charge in [-0.15, -0.1) is 11.3 Å². The van der Waals surface area contributed by atoms with Crippen molar-refractivity contribution in [2.24, 2.45) is 0 Å². The van der Waals surface area contributed by atoms with E-state index < -0.39 is 10.0 Å². The van der Waals surface area contributed by atoms with Crippen LogP contribution in [0.25, 0.3) is 11.3 Å². The summed E-state index contributed by atoms with van der Waals surface area (Å²) in [6, 6.07) is 13.9. The third-order valence-corrected chi connectivity index (χ3v) is 7.62. The predicted molar refractivity (Wildman–Crippen MR) is 120 cm³/mol. The van der Waals surface area contributed by atoms with Gasteiger partial charge in [0.05, 0.1) is 15.6 Å². The molecule has 0 aliphatic heterocycles. The summed E-state index contributed by atoms with van der Waals surface area (Å²) in [5, 5.41) is 5.92. The molecular formula is C22H25N3O3S2. The van der Waals surface area contributed by atoms with Crippen LogP contribution in [-0.2, 0) is 16.6 Å². The minimum atomic E-state index is -3.53. The maximum absolute atomic E-state index is 12.5. The first-order valence-corrected chi connectivity index (χ1v) is 12.1. The van der Waals surface area contributed by atoms with Crippen molar-refractivity contribution in [2.45, 2.75) is 32.2 Å². The summed E-state index contributed by atoms with van der Waals surface area (Å²) in [4.78, 5) is 17.1. The molecule has 1 N–H and O–H groups in total. The summed E-state index contributed by atoms with van der Waals surface area (Å²) in [5.74, 6) is -0.249. The number of aromatic nitrogens is 1. The fourth-order valence-electron chi connectivity index (χ4n) is 3.06. The topological polar surface area (TPSA) is 79.4 Å². The number of aryl methyl sites for hydroxylation is 1. The molecule has 2 aromatic carbocycles. The summed E-state index contributed by atoms with van der Waals surface area (Å²) in [6.45, 7) is 6.77. The number of hydrogen-bond donors (Lipinski definition) is 1. The quantitative estimate of drug-likeness (QED) is 0.569. The van der Waals surface area contributed by atoms with Crippen molar-refractivity contribution in [1.29, 1.82) is 0 Å². The molecular weight excluding hydrogens is 418 g/mol. The summed E-state index contributed by atoms with van der Waals surface area (Å²) in [5.41, 5.74) is 3.38. The highest BCUT2D eigenvalue weighted by Gasteiger charge is 2.21. The first kappa shape index (κ1) is 22.1. The number of benzene rings is 2. The molecule has 158 valence electrons. The van der Waals surface area contributed by atoms with E-state index in [1.54, 1.807) is 37.3 Å². The van der Waals surface area contributed by atoms with Crippen LogP contribution < -0.4 is 5.32 Å². The SMILES string of the molecule is CCN(CC)S(=O)(=O)c1ccc(C(=O)NCc2ccc(-c3csc(C)n3)cc2)cc1. The molecule has 30 heavy (non-hydrogen) atoms. The van der Waals surface area contributed by atoms with Crippen LogP contribution in [-0.4, -0.2) is 36.7 Å². The van der Waals surface area contributed by atoms with Crippen molar-refractivity contribution in [3.8, 4) is 11.3 Å². The molecule has 0 radical (unpaired) electrons. The fourth-order valence-corrected chi connectivity index (χ4v) is 5.14. The Kier molecular flexibility index (Phi) is 7.02. The molecule has 3 aromatic rings. The summed E-state index contributed by atoms with van der Waals surface area (Å²) in [6.07, 6.45) is 0. The zero-order chi connectivity index (χ0) is 21.7. The molecule has 0 aliphatic rings. The summed E-state index contributed by atoms with van der Waals surface area (Å²) < 4.78 is 26.5. The number of hydrogen-bond acceptors (Lipinski definition) is 5. The standard InChI is InChI=1S/C22H25N3O3S2/c1-4-25(5-2)30(27,28)20-12-10-19(11-13-20)22(26)23-14-17-6-8-18(9-7-17)21-15-29-16(3)24-21/h6-13,15H,4-5,14H2,1-3H3,(H,23,26). The molecule has 0 aliphatic carbocycles. The van der Waals surface area contributed by atoms with E-state index in [0.29, 0.717) is 25.2 Å². The highest BCUT2D eigenvalue weighted by molar-refractivity contribution is 7.89. The zero-order valence-corrected chi connectivity index (χ0v) is 18.9. The number of nitrogens with zero attached hydrogens (tertiary/aromatic N) is 2. The number of thiazole rings is 1. The molecule has 3 rings (SSSR count). The van der Waals surface area contributed by atoms with E-state index in [0.717, 1.165) is 21.8 Å². The number of nitrogens with one attached hydrogen (secondary N) is 1. The van der Waals surface area contributed by atoms with Crippen molar-refractivity contribution < 1.29 is 13.2 Å². The van der Waals surface area contributed by atoms with E-state index in [-0.39, 0.29) is 10.8 Å². The van der Waals surface area contributed by atoms with Crippen LogP contribution in [0.3, 0.4) is 0 Å². The van der Waals surface area contributed by atoms with E-state index >= 15 is 0 Å². The van der Waals surface area contributed by atoms with Crippen LogP contribution in [0.2, 0.25) is 0 Å². The summed E-state index contributed by atoms with van der Waals surface area (Å²) >= 11 is 1.61. The van der Waals surface area contributed by atoms with Crippen LogP contribution in [0.4, 0.5) is 0 Å². The number of amides is 1. The van der Waals surface area contributed by atoms with Crippen LogP contribution >= 0.6 is 11.3 Å². The molecule has 0 unspecified atom stereocenters. The Balaban J connectivity index is 1.62. The second-order valence-electron chi connectivity index (χ2n) is 6.75. The molecule has 8 heteroatoms. The van der Waals surface area contributed by atoms with Crippen LogP contribution in [0.15, 0.2) is 58.8 Å². The smallest absolute Gasteiger partial charge is 0.251 e. The predicted octanol–water partition coefficient (Wildman–Crippen LogP) is 4.08. The number of carbonyl (C=O) groups excluding carboxylic acids is 1. The van der Waals surface area contributed by atoms with Gasteiger partial charge in [-0.2, -0.15) is 4.31 Å². The monoisotopic (exact) mass is 443 g/mol. The maximum Gasteiger partial charge on any atom is 0.251 e. The Labute approximate surface area is 181 Å². The first-order chi connectivity index (χ1) is 14.3. The van der Waals surface area contributed by atoms with Gasteiger partial charge in [0.25, 0.3) is 5.91 Å². The molecule has 0 spiro atoms. The van der Waals surface area contributed by atoms with Crippen LogP contribution in [0, 0.1) is 6.92 Å². The third kappa shape index (κ3) is 4.95. The van der Waals surface area contributed by atoms with E-state index in [2.05, 4.69) is 10.3 Å². The maximum atomic E-state index is 12.5. The lowest BCUT2D eigenvalue weighted by atomic mass is 10.1. The van der Waals surface area contributed by atoms with E-state index in [9.17, 15) is 13.2 Å². The highest BCUT2D eigenvalue weighted by atomic mass is 32.2. The molecule has 0 atom stereocenters. The first-order valence-electron chi connectivity index (χ1n) is 9.75. The van der Waals surface area contributed by atoms with Gasteiger partial charge in [-0.3, -0.25) is 4.79 Å². The van der Waals surface area contributed by atoms with Gasteiger partial charge in [0, 0.05) is 36.1 Å². The fraction of sp³-hybridized carbons (Fsp3) is 0.273. The molecule has 6 nitrogen and oxygen atoms in total. The second kappa shape index (κ2) is 9.51. The third-order valence-electron chi connectivity index (χ3n) is 4.78. The molecule has 0 saturated heterocycles. The molecule has 1 aromatic heterocycles. The average molecular weight is 444 g/mol. The van der Waals surface area contributed by atoms with Crippen molar-refractivity contribution in [1.82, 2.24) is 14.6 Å². The van der Waals surface area contributed by atoms with Crippen molar-refractivity contribution in [3.05, 3.63) is 70.0 Å². The molecule has 0 bridgehead atoms. The van der Waals surface area contributed by atoms with Gasteiger partial charge in [-0.25, -0.2) is 13.4 Å². The minimum absolute atomic E-state index is 0.190. The van der Waals surface area contributed by atoms with Gasteiger partial charge in [0.15, 0.2) is 0 Å². The minimum Gasteiger partial charge on any atom is -0.348 e. The van der Waals surface area contributed by atoms with Gasteiger partial charge in [-0.05, 0) is 36.8 Å². The summed E-state index contributed by atoms with van der Waals surface area (Å²) in [7, 11) is -3.53. The second-order valence-corrected chi connectivity index (χ2v) is 9.75. The largest absolute Gasteiger partial charge is 0.348 e. The van der Waals surface area contributed by atoms with E-state index in [1.165, 1.54) is 16.4 Å². The van der Waals surface area contributed by atoms with Gasteiger partial charge < -0.3 is 5.32 Å². The van der Waals surface area contributed by atoms with Crippen LogP contribution in [0.5, 0.6) is 0 Å². The Morgan fingerprint density at radius 2 is 1.67 bits per heavy atom. The van der Waals surface area contributed by atoms with Crippen molar-refractivity contribution >= 4 is 27.3 Å².